The van der Waals surface area contributed by atoms with E-state index in [2.05, 4.69) is 27.9 Å². The van der Waals surface area contributed by atoms with Crippen LogP contribution in [0.5, 0.6) is 0 Å². The first-order valence-electron chi connectivity index (χ1n) is 4.60. The van der Waals surface area contributed by atoms with Gasteiger partial charge in [0.1, 0.15) is 6.10 Å². The van der Waals surface area contributed by atoms with E-state index in [1.165, 1.54) is 13.0 Å². The molecule has 0 radical (unpaired) electrons. The average Bonchev–Trinajstić information content (AvgIpc) is 2.65. The molecule has 0 aromatic rings. The van der Waals surface area contributed by atoms with E-state index in [1.54, 1.807) is 0 Å². The summed E-state index contributed by atoms with van der Waals surface area (Å²) in [7, 11) is 4.51. The lowest BCUT2D eigenvalue weighted by molar-refractivity contribution is -0.911. The van der Waals surface area contributed by atoms with Crippen LogP contribution in [0.2, 0.25) is 0 Å². The van der Waals surface area contributed by atoms with Gasteiger partial charge in [-0.2, -0.15) is 0 Å². The van der Waals surface area contributed by atoms with E-state index in [1.807, 2.05) is 0 Å². The lowest BCUT2D eigenvalue weighted by atomic mass is 10.3. The quantitative estimate of drug-likeness (QED) is 0.447. The van der Waals surface area contributed by atoms with Gasteiger partial charge in [-0.1, -0.05) is 13.8 Å². The van der Waals surface area contributed by atoms with Crippen LogP contribution in [-0.4, -0.2) is 37.5 Å². The van der Waals surface area contributed by atoms with E-state index >= 15 is 0 Å². The minimum absolute atomic E-state index is 0.486. The first-order valence-corrected chi connectivity index (χ1v) is 4.60. The first kappa shape index (κ1) is 9.01. The van der Waals surface area contributed by atoms with Crippen molar-refractivity contribution in [2.45, 2.75) is 39.0 Å². The fourth-order valence-electron chi connectivity index (χ4n) is 1.75. The zero-order chi connectivity index (χ0) is 8.48. The Hall–Kier alpha value is -0.0800. The van der Waals surface area contributed by atoms with E-state index < -0.39 is 0 Å². The summed E-state index contributed by atoms with van der Waals surface area (Å²) in [4.78, 5) is 0. The van der Waals surface area contributed by atoms with Gasteiger partial charge in [0.25, 0.3) is 0 Å². The third-order valence-electron chi connectivity index (χ3n) is 2.45. The fourth-order valence-corrected chi connectivity index (χ4v) is 1.75. The fraction of sp³-hybridized carbons (Fsp3) is 1.00. The molecule has 1 saturated heterocycles. The van der Waals surface area contributed by atoms with E-state index in [-0.39, 0.29) is 0 Å². The SMILES string of the molecule is CCC[N+](C)(C)C1OC1CC. The summed E-state index contributed by atoms with van der Waals surface area (Å²) in [5, 5.41) is 0. The second-order valence-corrected chi connectivity index (χ2v) is 3.98. The van der Waals surface area contributed by atoms with Crippen molar-refractivity contribution in [2.24, 2.45) is 0 Å². The Balaban J connectivity index is 2.35. The highest BCUT2D eigenvalue weighted by atomic mass is 16.6. The number of ether oxygens (including phenoxy) is 1. The largest absolute Gasteiger partial charge is 0.314 e. The molecule has 11 heavy (non-hydrogen) atoms. The maximum Gasteiger partial charge on any atom is 0.220 e. The van der Waals surface area contributed by atoms with Gasteiger partial charge < -0.3 is 9.22 Å². The van der Waals surface area contributed by atoms with Gasteiger partial charge in [-0.05, 0) is 12.8 Å². The van der Waals surface area contributed by atoms with Gasteiger partial charge >= 0.3 is 0 Å². The molecule has 0 aliphatic carbocycles. The zero-order valence-electron chi connectivity index (χ0n) is 8.13. The normalized spacial score (nSPS) is 30.5. The van der Waals surface area contributed by atoms with Crippen LogP contribution in [0.4, 0.5) is 0 Å². The molecule has 2 nitrogen and oxygen atoms in total. The van der Waals surface area contributed by atoms with E-state index in [0.717, 1.165) is 10.9 Å². The minimum Gasteiger partial charge on any atom is -0.314 e. The van der Waals surface area contributed by atoms with Gasteiger partial charge in [-0.25, -0.2) is 0 Å². The second kappa shape index (κ2) is 3.11. The first-order chi connectivity index (χ1) is 5.11. The minimum atomic E-state index is 0.486. The molecule has 66 valence electrons. The molecular formula is C9H20NO+. The predicted octanol–water partition coefficient (Wildman–Crippen LogP) is 1.61. The molecule has 2 heteroatoms. The van der Waals surface area contributed by atoms with Crippen LogP contribution in [0, 0.1) is 0 Å². The molecular weight excluding hydrogens is 138 g/mol. The topological polar surface area (TPSA) is 12.5 Å². The highest BCUT2D eigenvalue weighted by molar-refractivity contribution is 4.74. The van der Waals surface area contributed by atoms with Crippen LogP contribution >= 0.6 is 0 Å². The number of epoxide rings is 1. The second-order valence-electron chi connectivity index (χ2n) is 3.98. The lowest BCUT2D eigenvalue weighted by Gasteiger charge is -2.27. The monoisotopic (exact) mass is 158 g/mol. The predicted molar refractivity (Wildman–Crippen MR) is 46.2 cm³/mol. The molecule has 1 aliphatic rings. The van der Waals surface area contributed by atoms with E-state index in [9.17, 15) is 0 Å². The van der Waals surface area contributed by atoms with Crippen molar-refractivity contribution in [3.63, 3.8) is 0 Å². The molecule has 0 aromatic heterocycles. The summed E-state index contributed by atoms with van der Waals surface area (Å²) in [5.41, 5.74) is 0. The summed E-state index contributed by atoms with van der Waals surface area (Å²) in [6.45, 7) is 5.64. The van der Waals surface area contributed by atoms with Crippen molar-refractivity contribution in [2.75, 3.05) is 20.6 Å². The van der Waals surface area contributed by atoms with E-state index in [0.29, 0.717) is 12.3 Å². The third-order valence-corrected chi connectivity index (χ3v) is 2.45. The molecule has 1 rings (SSSR count). The number of hydrogen-bond donors (Lipinski definition) is 0. The highest BCUT2D eigenvalue weighted by Gasteiger charge is 2.49. The smallest absolute Gasteiger partial charge is 0.220 e. The number of hydrogen-bond acceptors (Lipinski definition) is 1. The van der Waals surface area contributed by atoms with Crippen LogP contribution in [0.1, 0.15) is 26.7 Å². The van der Waals surface area contributed by atoms with Gasteiger partial charge in [0, 0.05) is 0 Å². The Morgan fingerprint density at radius 2 is 1.91 bits per heavy atom. The Labute approximate surface area is 69.7 Å². The molecule has 2 unspecified atom stereocenters. The number of nitrogens with zero attached hydrogens (tertiary/aromatic N) is 1. The summed E-state index contributed by atoms with van der Waals surface area (Å²) in [6.07, 6.45) is 3.43. The van der Waals surface area contributed by atoms with Crippen molar-refractivity contribution >= 4 is 0 Å². The van der Waals surface area contributed by atoms with Crippen molar-refractivity contribution in [3.8, 4) is 0 Å². The van der Waals surface area contributed by atoms with Crippen molar-refractivity contribution in [3.05, 3.63) is 0 Å². The molecule has 0 bridgehead atoms. The van der Waals surface area contributed by atoms with Crippen LogP contribution in [0.15, 0.2) is 0 Å². The Morgan fingerprint density at radius 1 is 1.27 bits per heavy atom. The molecule has 0 saturated carbocycles. The van der Waals surface area contributed by atoms with Crippen molar-refractivity contribution < 1.29 is 9.22 Å². The van der Waals surface area contributed by atoms with Gasteiger partial charge in [-0.15, -0.1) is 0 Å². The summed E-state index contributed by atoms with van der Waals surface area (Å²) < 4.78 is 6.59. The number of rotatable bonds is 4. The number of likely N-dealkylation sites (N-methyl/N-ethyl adjacent to an activating group) is 1. The van der Waals surface area contributed by atoms with Crippen LogP contribution in [0.3, 0.4) is 0 Å². The van der Waals surface area contributed by atoms with Gasteiger partial charge in [-0.3, -0.25) is 0 Å². The van der Waals surface area contributed by atoms with Crippen molar-refractivity contribution in [1.29, 1.82) is 0 Å². The third kappa shape index (κ3) is 1.94. The Morgan fingerprint density at radius 3 is 2.27 bits per heavy atom. The molecule has 0 N–H and O–H groups in total. The number of quaternary nitrogens is 1. The van der Waals surface area contributed by atoms with Crippen molar-refractivity contribution in [1.82, 2.24) is 0 Å². The summed E-state index contributed by atoms with van der Waals surface area (Å²) >= 11 is 0. The molecule has 2 atom stereocenters. The summed E-state index contributed by atoms with van der Waals surface area (Å²) in [5.74, 6) is 0. The molecule has 1 aliphatic heterocycles. The standard InChI is InChI=1S/C9H20NO/c1-5-7-10(3,4)9-8(6-2)11-9/h8-9H,5-7H2,1-4H3/q+1. The highest BCUT2D eigenvalue weighted by Crippen LogP contribution is 2.31. The van der Waals surface area contributed by atoms with Gasteiger partial charge in [0.2, 0.25) is 6.23 Å². The van der Waals surface area contributed by atoms with Gasteiger partial charge in [0.05, 0.1) is 20.6 Å². The van der Waals surface area contributed by atoms with E-state index in [4.69, 9.17) is 4.74 Å². The molecule has 0 spiro atoms. The maximum absolute atomic E-state index is 5.56. The van der Waals surface area contributed by atoms with Gasteiger partial charge in [0.15, 0.2) is 0 Å². The van der Waals surface area contributed by atoms with Crippen LogP contribution in [-0.2, 0) is 4.74 Å². The molecule has 1 heterocycles. The average molecular weight is 158 g/mol. The van der Waals surface area contributed by atoms with Crippen LogP contribution < -0.4 is 0 Å². The molecule has 1 fully saturated rings. The summed E-state index contributed by atoms with van der Waals surface area (Å²) in [6, 6.07) is 0. The molecule has 0 amide bonds. The maximum atomic E-state index is 5.56. The molecule has 0 aromatic carbocycles. The van der Waals surface area contributed by atoms with Crippen LogP contribution in [0.25, 0.3) is 0 Å². The Kier molecular flexibility index (Phi) is 2.55. The zero-order valence-corrected chi connectivity index (χ0v) is 8.13. The lowest BCUT2D eigenvalue weighted by Crippen LogP contribution is -2.44. The Bertz CT molecular complexity index is 134.